The van der Waals surface area contributed by atoms with Crippen molar-refractivity contribution in [2.45, 2.75) is 0 Å². The molecule has 0 aliphatic rings. The van der Waals surface area contributed by atoms with Crippen molar-refractivity contribution in [3.05, 3.63) is 24.3 Å². The quantitative estimate of drug-likeness (QED) is 0.561. The van der Waals surface area contributed by atoms with E-state index in [4.69, 9.17) is 12.6 Å². The highest BCUT2D eigenvalue weighted by Crippen LogP contribution is 2.03. The van der Waals surface area contributed by atoms with Crippen molar-refractivity contribution < 1.29 is 27.4 Å². The fraction of sp³-hybridized carbons (Fsp3) is 0. The smallest absolute Gasteiger partial charge is 0.372 e. The molecule has 0 aliphatic carbocycles. The van der Waals surface area contributed by atoms with Crippen LogP contribution in [0.5, 0.6) is 0 Å². The van der Waals surface area contributed by atoms with Crippen LogP contribution in [0.3, 0.4) is 0 Å². The van der Waals surface area contributed by atoms with Gasteiger partial charge in [0.2, 0.25) is 0 Å². The van der Waals surface area contributed by atoms with E-state index in [1.54, 1.807) is 0 Å². The molecule has 7 heteroatoms. The molecule has 0 fully saturated rings. The number of fused-ring (bicyclic) bond motifs is 1. The molecule has 13 heavy (non-hydrogen) atoms. The fourth-order valence-electron chi connectivity index (χ4n) is 0.786. The third-order valence-corrected chi connectivity index (χ3v) is 1.22. The van der Waals surface area contributed by atoms with Crippen LogP contribution >= 0.6 is 0 Å². The maximum atomic E-state index is 8.63. The SMILES string of the molecule is [O-][Br+2]([O-])O.c1ccc2n[nH]nc2c1. The summed E-state index contributed by atoms with van der Waals surface area (Å²) in [5, 5.41) is 10.3. The van der Waals surface area contributed by atoms with E-state index in [2.05, 4.69) is 15.4 Å². The standard InChI is InChI=1S/C6H5N3.BrHO3/c1-2-4-6-5(3-1)7-9-8-6;2-1(3)4/h1-4H,(H,7,8,9);2H. The molecule has 0 amide bonds. The number of hydrogen-bond donors (Lipinski definition) is 2. The van der Waals surface area contributed by atoms with Gasteiger partial charge in [-0.05, 0) is 16.3 Å². The van der Waals surface area contributed by atoms with Crippen LogP contribution in [-0.4, -0.2) is 19.6 Å². The minimum Gasteiger partial charge on any atom is -0.372 e. The number of nitrogens with one attached hydrogen (secondary N) is 1. The van der Waals surface area contributed by atoms with Gasteiger partial charge in [-0.25, -0.2) is 0 Å². The van der Waals surface area contributed by atoms with Gasteiger partial charge in [0.15, 0.2) is 0 Å². The molecule has 0 bridgehead atoms. The molecule has 2 N–H and O–H groups in total. The zero-order chi connectivity index (χ0) is 9.68. The molecule has 0 radical (unpaired) electrons. The van der Waals surface area contributed by atoms with Gasteiger partial charge in [-0.3, -0.25) is 0 Å². The fourth-order valence-corrected chi connectivity index (χ4v) is 0.786. The van der Waals surface area contributed by atoms with E-state index >= 15 is 0 Å². The Balaban J connectivity index is 0.000000184. The third kappa shape index (κ3) is 3.47. The molecule has 1 aromatic heterocycles. The lowest BCUT2D eigenvalue weighted by molar-refractivity contribution is -1.63. The second kappa shape index (κ2) is 4.87. The van der Waals surface area contributed by atoms with Crippen molar-refractivity contribution in [1.29, 1.82) is 0 Å². The van der Waals surface area contributed by atoms with Crippen molar-refractivity contribution in [3.63, 3.8) is 0 Å². The highest BCUT2D eigenvalue weighted by molar-refractivity contribution is 5.72. The number of nitrogens with zero attached hydrogens (tertiary/aromatic N) is 2. The van der Waals surface area contributed by atoms with Gasteiger partial charge in [0.25, 0.3) is 0 Å². The summed E-state index contributed by atoms with van der Waals surface area (Å²) in [6.45, 7) is 0. The maximum Gasteiger partial charge on any atom is 0.433 e. The number of aromatic amines is 1. The number of hydrogen-bond acceptors (Lipinski definition) is 5. The van der Waals surface area contributed by atoms with E-state index in [1.165, 1.54) is 0 Å². The van der Waals surface area contributed by atoms with Gasteiger partial charge in [0, 0.05) is 0 Å². The van der Waals surface area contributed by atoms with Gasteiger partial charge >= 0.3 is 14.8 Å². The Morgan fingerprint density at radius 1 is 1.15 bits per heavy atom. The Labute approximate surface area is 78.7 Å². The van der Waals surface area contributed by atoms with Crippen LogP contribution in [0.25, 0.3) is 11.0 Å². The number of aromatic nitrogens is 3. The summed E-state index contributed by atoms with van der Waals surface area (Å²) >= 11 is -3.40. The topological polar surface area (TPSA) is 108 Å². The van der Waals surface area contributed by atoms with Crippen molar-refractivity contribution >= 4 is 11.0 Å². The second-order valence-corrected chi connectivity index (χ2v) is 2.86. The Morgan fingerprint density at radius 2 is 1.54 bits per heavy atom. The highest BCUT2D eigenvalue weighted by Gasteiger charge is 1.90. The molecule has 6 nitrogen and oxygen atoms in total. The molecule has 2 rings (SSSR count). The van der Waals surface area contributed by atoms with Crippen molar-refractivity contribution in [3.8, 4) is 0 Å². The minimum atomic E-state index is -3.40. The van der Waals surface area contributed by atoms with Gasteiger partial charge in [-0.15, -0.1) is 0 Å². The summed E-state index contributed by atoms with van der Waals surface area (Å²) in [5.41, 5.74) is 1.83. The first-order chi connectivity index (χ1) is 6.20. The van der Waals surface area contributed by atoms with E-state index in [0.29, 0.717) is 0 Å². The van der Waals surface area contributed by atoms with Crippen molar-refractivity contribution in [1.82, 2.24) is 15.4 Å². The van der Waals surface area contributed by atoms with Crippen LogP contribution in [0.1, 0.15) is 0 Å². The largest absolute Gasteiger partial charge is 0.433 e. The summed E-state index contributed by atoms with van der Waals surface area (Å²) in [5.74, 6) is 0. The lowest BCUT2D eigenvalue weighted by atomic mass is 10.3. The van der Waals surface area contributed by atoms with Crippen molar-refractivity contribution in [2.75, 3.05) is 0 Å². The number of H-pyrrole nitrogens is 1. The first-order valence-corrected chi connectivity index (χ1v) is 5.20. The molecule has 0 saturated carbocycles. The summed E-state index contributed by atoms with van der Waals surface area (Å²) in [6.07, 6.45) is 0. The predicted molar refractivity (Wildman–Crippen MR) is 36.1 cm³/mol. The zero-order valence-electron chi connectivity index (χ0n) is 6.35. The predicted octanol–water partition coefficient (Wildman–Crippen LogP) is -1.98. The molecule has 0 atom stereocenters. The first-order valence-electron chi connectivity index (χ1n) is 3.20. The molecule has 0 saturated heterocycles. The second-order valence-electron chi connectivity index (χ2n) is 2.01. The normalized spacial score (nSPS) is 9.85. The number of para-hydroxylation sites is 2. The van der Waals surface area contributed by atoms with Gasteiger partial charge < -0.3 is 8.40 Å². The van der Waals surface area contributed by atoms with Crippen LogP contribution in [0, 0.1) is 14.8 Å². The average molecular weight is 248 g/mol. The van der Waals surface area contributed by atoms with E-state index < -0.39 is 14.8 Å². The number of rotatable bonds is 0. The first kappa shape index (κ1) is 10.1. The van der Waals surface area contributed by atoms with Gasteiger partial charge in [-0.2, -0.15) is 15.4 Å². The average Bonchev–Trinajstić information content (AvgIpc) is 2.49. The molecule has 1 heterocycles. The molecule has 0 aliphatic heterocycles. The summed E-state index contributed by atoms with van der Waals surface area (Å²) in [7, 11) is 0. The lowest BCUT2D eigenvalue weighted by Gasteiger charge is -1.78. The van der Waals surface area contributed by atoms with E-state index in [0.717, 1.165) is 11.0 Å². The Kier molecular flexibility index (Phi) is 3.77. The molecule has 0 unspecified atom stereocenters. The highest BCUT2D eigenvalue weighted by atomic mass is 80.0. The van der Waals surface area contributed by atoms with E-state index in [1.807, 2.05) is 24.3 Å². The molecule has 0 spiro atoms. The summed E-state index contributed by atoms with van der Waals surface area (Å²) in [4.78, 5) is 0. The van der Waals surface area contributed by atoms with Gasteiger partial charge in [0.05, 0.1) is 0 Å². The Bertz CT molecular complexity index is 332. The molecule has 2 aromatic rings. The minimum absolute atomic E-state index is 0.914. The van der Waals surface area contributed by atoms with Crippen LogP contribution in [-0.2, 0) is 0 Å². The third-order valence-electron chi connectivity index (χ3n) is 1.22. The molecule has 1 aromatic carbocycles. The zero-order valence-corrected chi connectivity index (χ0v) is 7.93. The van der Waals surface area contributed by atoms with E-state index in [-0.39, 0.29) is 0 Å². The van der Waals surface area contributed by atoms with Crippen LogP contribution in [0.4, 0.5) is 0 Å². The summed E-state index contributed by atoms with van der Waals surface area (Å²) in [6, 6.07) is 7.70. The van der Waals surface area contributed by atoms with Gasteiger partial charge in [-0.1, -0.05) is 12.1 Å². The Hall–Kier alpha value is -1.02. The lowest BCUT2D eigenvalue weighted by Crippen LogP contribution is -2.30. The Morgan fingerprint density at radius 3 is 1.92 bits per heavy atom. The van der Waals surface area contributed by atoms with Crippen LogP contribution in [0.15, 0.2) is 24.3 Å². The van der Waals surface area contributed by atoms with E-state index in [9.17, 15) is 0 Å². The molecular formula is C6H6BrN3O3. The van der Waals surface area contributed by atoms with Gasteiger partial charge in [0.1, 0.15) is 11.0 Å². The molecular weight excluding hydrogens is 242 g/mol. The molecule has 70 valence electrons. The van der Waals surface area contributed by atoms with Crippen LogP contribution in [0.2, 0.25) is 0 Å². The maximum absolute atomic E-state index is 8.63. The number of benzene rings is 1. The number of halogens is 1. The summed E-state index contributed by atoms with van der Waals surface area (Å²) < 4.78 is 24.3. The monoisotopic (exact) mass is 247 g/mol. The van der Waals surface area contributed by atoms with Crippen LogP contribution < -0.4 is 8.40 Å². The van der Waals surface area contributed by atoms with Crippen molar-refractivity contribution in [2.24, 2.45) is 0 Å².